The third-order valence-corrected chi connectivity index (χ3v) is 3.85. The van der Waals surface area contributed by atoms with Crippen molar-refractivity contribution in [2.24, 2.45) is 0 Å². The summed E-state index contributed by atoms with van der Waals surface area (Å²) in [5.41, 5.74) is 0.453. The number of benzene rings is 3. The zero-order valence-electron chi connectivity index (χ0n) is 15.2. The molecule has 0 radical (unpaired) electrons. The van der Waals surface area contributed by atoms with Gasteiger partial charge in [0.1, 0.15) is 11.5 Å². The maximum Gasteiger partial charge on any atom is 0.270 e. The number of para-hydroxylation sites is 1. The molecule has 3 rings (SSSR count). The van der Waals surface area contributed by atoms with Crippen molar-refractivity contribution in [1.29, 1.82) is 0 Å². The Hall–Kier alpha value is -4.20. The average Bonchev–Trinajstić information content (AvgIpc) is 2.74. The van der Waals surface area contributed by atoms with E-state index in [1.54, 1.807) is 24.3 Å². The molecule has 0 spiro atoms. The number of nitrogens with one attached hydrogen (secondary N) is 2. The zero-order valence-corrected chi connectivity index (χ0v) is 15.2. The van der Waals surface area contributed by atoms with Crippen LogP contribution in [-0.4, -0.2) is 23.3 Å². The molecule has 8 heteroatoms. The molecule has 146 valence electrons. The highest BCUT2D eigenvalue weighted by molar-refractivity contribution is 5.99. The number of nitro groups is 1. The highest BCUT2D eigenvalue weighted by Crippen LogP contribution is 2.22. The number of carbonyl (C=O) groups excluding carboxylic acids is 2. The van der Waals surface area contributed by atoms with Gasteiger partial charge in [-0.3, -0.25) is 19.7 Å². The van der Waals surface area contributed by atoms with Crippen molar-refractivity contribution in [2.75, 3.05) is 11.9 Å². The molecule has 0 heterocycles. The highest BCUT2D eigenvalue weighted by atomic mass is 16.6. The van der Waals surface area contributed by atoms with Crippen LogP contribution in [0, 0.1) is 10.1 Å². The lowest BCUT2D eigenvalue weighted by Crippen LogP contribution is -2.32. The van der Waals surface area contributed by atoms with Crippen LogP contribution >= 0.6 is 0 Å². The molecule has 2 amide bonds. The quantitative estimate of drug-likeness (QED) is 0.471. The molecule has 0 aliphatic heterocycles. The number of nitro benzene ring substituents is 1. The van der Waals surface area contributed by atoms with Crippen LogP contribution in [0.15, 0.2) is 78.9 Å². The van der Waals surface area contributed by atoms with E-state index in [1.807, 2.05) is 30.3 Å². The maximum atomic E-state index is 12.1. The summed E-state index contributed by atoms with van der Waals surface area (Å²) in [5.74, 6) is 0.317. The first-order chi connectivity index (χ1) is 14.0. The summed E-state index contributed by atoms with van der Waals surface area (Å²) in [6.45, 7) is -0.274. The number of rotatable bonds is 7. The normalized spacial score (nSPS) is 10.1. The third-order valence-electron chi connectivity index (χ3n) is 3.85. The number of ether oxygens (including phenoxy) is 1. The number of hydrogen-bond donors (Lipinski definition) is 2. The fourth-order valence-corrected chi connectivity index (χ4v) is 2.46. The molecule has 3 aromatic rings. The van der Waals surface area contributed by atoms with Crippen molar-refractivity contribution < 1.29 is 19.2 Å². The monoisotopic (exact) mass is 391 g/mol. The van der Waals surface area contributed by atoms with Crippen molar-refractivity contribution in [2.45, 2.75) is 0 Å². The first-order valence-electron chi connectivity index (χ1n) is 8.67. The average molecular weight is 391 g/mol. The Labute approximate surface area is 166 Å². The summed E-state index contributed by atoms with van der Waals surface area (Å²) in [4.78, 5) is 34.3. The van der Waals surface area contributed by atoms with Crippen LogP contribution in [-0.2, 0) is 4.79 Å². The molecule has 0 saturated heterocycles. The highest BCUT2D eigenvalue weighted by Gasteiger charge is 2.12. The van der Waals surface area contributed by atoms with Crippen LogP contribution in [0.4, 0.5) is 11.4 Å². The van der Waals surface area contributed by atoms with Crippen LogP contribution in [0.25, 0.3) is 0 Å². The van der Waals surface area contributed by atoms with Gasteiger partial charge in [0, 0.05) is 23.4 Å². The molecule has 0 fully saturated rings. The second kappa shape index (κ2) is 9.14. The third kappa shape index (κ3) is 5.64. The molecule has 0 aliphatic rings. The predicted molar refractivity (Wildman–Crippen MR) is 107 cm³/mol. The van der Waals surface area contributed by atoms with Crippen molar-refractivity contribution in [3.05, 3.63) is 94.5 Å². The van der Waals surface area contributed by atoms with E-state index in [2.05, 4.69) is 10.6 Å². The van der Waals surface area contributed by atoms with Crippen molar-refractivity contribution in [1.82, 2.24) is 5.32 Å². The Balaban J connectivity index is 1.51. The number of anilines is 1. The Morgan fingerprint density at radius 3 is 2.28 bits per heavy atom. The second-order valence-electron chi connectivity index (χ2n) is 5.98. The topological polar surface area (TPSA) is 111 Å². The van der Waals surface area contributed by atoms with Gasteiger partial charge < -0.3 is 15.4 Å². The van der Waals surface area contributed by atoms with E-state index >= 15 is 0 Å². The molecule has 8 nitrogen and oxygen atoms in total. The first-order valence-corrected chi connectivity index (χ1v) is 8.67. The molecule has 0 aliphatic carbocycles. The standard InChI is InChI=1S/C21H17N3O5/c25-20(14-22-21(26)15-5-4-6-17(13-15)24(27)28)23-16-9-11-19(12-10-16)29-18-7-2-1-3-8-18/h1-13H,14H2,(H,22,26)(H,23,25). The van der Waals surface area contributed by atoms with Gasteiger partial charge in [-0.2, -0.15) is 0 Å². The maximum absolute atomic E-state index is 12.1. The molecule has 0 atom stereocenters. The van der Waals surface area contributed by atoms with Gasteiger partial charge in [0.15, 0.2) is 0 Å². The summed E-state index contributed by atoms with van der Waals surface area (Å²) in [6, 6.07) is 21.4. The number of nitrogens with zero attached hydrogens (tertiary/aromatic N) is 1. The lowest BCUT2D eigenvalue weighted by atomic mass is 10.2. The number of carbonyl (C=O) groups is 2. The summed E-state index contributed by atoms with van der Waals surface area (Å²) in [7, 11) is 0. The fraction of sp³-hybridized carbons (Fsp3) is 0.0476. The van der Waals surface area contributed by atoms with Gasteiger partial charge in [-0.1, -0.05) is 24.3 Å². The van der Waals surface area contributed by atoms with Gasteiger partial charge in [-0.25, -0.2) is 0 Å². The molecule has 3 aromatic carbocycles. The van der Waals surface area contributed by atoms with Crippen LogP contribution in [0.1, 0.15) is 10.4 Å². The molecule has 0 bridgehead atoms. The first kappa shape index (κ1) is 19.6. The van der Waals surface area contributed by atoms with E-state index in [0.29, 0.717) is 17.2 Å². The minimum absolute atomic E-state index is 0.106. The summed E-state index contributed by atoms with van der Waals surface area (Å²) >= 11 is 0. The summed E-state index contributed by atoms with van der Waals surface area (Å²) < 4.78 is 5.68. The predicted octanol–water partition coefficient (Wildman–Crippen LogP) is 3.76. The van der Waals surface area contributed by atoms with Gasteiger partial charge in [0.2, 0.25) is 5.91 Å². The van der Waals surface area contributed by atoms with E-state index in [-0.39, 0.29) is 17.8 Å². The Kier molecular flexibility index (Phi) is 6.16. The van der Waals surface area contributed by atoms with E-state index in [1.165, 1.54) is 18.2 Å². The molecule has 2 N–H and O–H groups in total. The lowest BCUT2D eigenvalue weighted by Gasteiger charge is -2.09. The zero-order chi connectivity index (χ0) is 20.6. The number of hydrogen-bond acceptors (Lipinski definition) is 5. The van der Waals surface area contributed by atoms with E-state index < -0.39 is 16.7 Å². The van der Waals surface area contributed by atoms with E-state index in [4.69, 9.17) is 4.74 Å². The second-order valence-corrected chi connectivity index (χ2v) is 5.98. The molecule has 29 heavy (non-hydrogen) atoms. The smallest absolute Gasteiger partial charge is 0.270 e. The Morgan fingerprint density at radius 2 is 1.59 bits per heavy atom. The fourth-order valence-electron chi connectivity index (χ4n) is 2.46. The molecule has 0 aromatic heterocycles. The SMILES string of the molecule is O=C(CNC(=O)c1cccc([N+](=O)[O-])c1)Nc1ccc(Oc2ccccc2)cc1. The Morgan fingerprint density at radius 1 is 0.897 bits per heavy atom. The summed E-state index contributed by atoms with van der Waals surface area (Å²) in [6.07, 6.45) is 0. The van der Waals surface area contributed by atoms with E-state index in [9.17, 15) is 19.7 Å². The lowest BCUT2D eigenvalue weighted by molar-refractivity contribution is -0.384. The van der Waals surface area contributed by atoms with E-state index in [0.717, 1.165) is 6.07 Å². The van der Waals surface area contributed by atoms with Crippen LogP contribution in [0.3, 0.4) is 0 Å². The van der Waals surface area contributed by atoms with Crippen molar-refractivity contribution >= 4 is 23.2 Å². The van der Waals surface area contributed by atoms with Crippen molar-refractivity contribution in [3.8, 4) is 11.5 Å². The van der Waals surface area contributed by atoms with Crippen molar-refractivity contribution in [3.63, 3.8) is 0 Å². The van der Waals surface area contributed by atoms with Gasteiger partial charge in [0.05, 0.1) is 11.5 Å². The van der Waals surface area contributed by atoms with Gasteiger partial charge in [-0.05, 0) is 42.5 Å². The van der Waals surface area contributed by atoms with Crippen LogP contribution < -0.4 is 15.4 Å². The molecule has 0 saturated carbocycles. The minimum Gasteiger partial charge on any atom is -0.457 e. The van der Waals surface area contributed by atoms with Crippen LogP contribution in [0.2, 0.25) is 0 Å². The number of non-ortho nitro benzene ring substituents is 1. The minimum atomic E-state index is -0.589. The van der Waals surface area contributed by atoms with Gasteiger partial charge >= 0.3 is 0 Å². The summed E-state index contributed by atoms with van der Waals surface area (Å²) in [5, 5.41) is 15.9. The largest absolute Gasteiger partial charge is 0.457 e. The number of amides is 2. The molecule has 0 unspecified atom stereocenters. The Bertz CT molecular complexity index is 1020. The van der Waals surface area contributed by atoms with Gasteiger partial charge in [0.25, 0.3) is 11.6 Å². The van der Waals surface area contributed by atoms with Gasteiger partial charge in [-0.15, -0.1) is 0 Å². The molecular formula is C21H17N3O5. The molecular weight excluding hydrogens is 374 g/mol. The van der Waals surface area contributed by atoms with Crippen LogP contribution in [0.5, 0.6) is 11.5 Å².